The topological polar surface area (TPSA) is 66.0 Å². The molecule has 3 rings (SSSR count). The molecule has 0 bridgehead atoms. The van der Waals surface area contributed by atoms with Crippen LogP contribution in [-0.2, 0) is 4.79 Å². The van der Waals surface area contributed by atoms with Crippen LogP contribution in [0.2, 0.25) is 10.0 Å². The number of hydrogen-bond acceptors (Lipinski definition) is 3. The molecule has 0 saturated carbocycles. The lowest BCUT2D eigenvalue weighted by atomic mass is 10.2. The second-order valence-electron chi connectivity index (χ2n) is 5.43. The monoisotopic (exact) mass is 400 g/mol. The van der Waals surface area contributed by atoms with E-state index in [0.717, 1.165) is 0 Å². The number of nitriles is 1. The van der Waals surface area contributed by atoms with Gasteiger partial charge in [0.25, 0.3) is 5.91 Å². The first-order valence-corrected chi connectivity index (χ1v) is 8.46. The van der Waals surface area contributed by atoms with Crippen LogP contribution in [0.4, 0.5) is 10.1 Å². The summed E-state index contributed by atoms with van der Waals surface area (Å²) in [5.74, 6) is -0.372. The number of amides is 1. The zero-order chi connectivity index (χ0) is 19.4. The Morgan fingerprint density at radius 2 is 1.74 bits per heavy atom. The molecule has 0 spiro atoms. The van der Waals surface area contributed by atoms with Crippen molar-refractivity contribution in [1.82, 2.24) is 0 Å². The second kappa shape index (κ2) is 8.09. The Morgan fingerprint density at radius 1 is 1.07 bits per heavy atom. The number of benzene rings is 2. The number of nitrogens with one attached hydrogen (secondary N) is 1. The maximum atomic E-state index is 12.9. The van der Waals surface area contributed by atoms with Crippen molar-refractivity contribution in [2.75, 3.05) is 5.32 Å². The summed E-state index contributed by atoms with van der Waals surface area (Å²) in [6.45, 7) is 0. The highest BCUT2D eigenvalue weighted by Crippen LogP contribution is 2.35. The van der Waals surface area contributed by atoms with Gasteiger partial charge in [-0.05, 0) is 48.5 Å². The summed E-state index contributed by atoms with van der Waals surface area (Å²) in [6, 6.07) is 15.3. The molecule has 1 aromatic heterocycles. The number of hydrogen-bond donors (Lipinski definition) is 1. The normalized spacial score (nSPS) is 11.1. The van der Waals surface area contributed by atoms with Crippen LogP contribution in [0.3, 0.4) is 0 Å². The summed E-state index contributed by atoms with van der Waals surface area (Å²) >= 11 is 12.3. The van der Waals surface area contributed by atoms with E-state index in [1.54, 1.807) is 30.3 Å². The lowest BCUT2D eigenvalue weighted by Gasteiger charge is -2.04. The van der Waals surface area contributed by atoms with Crippen molar-refractivity contribution in [3.63, 3.8) is 0 Å². The van der Waals surface area contributed by atoms with Gasteiger partial charge in [-0.2, -0.15) is 5.26 Å². The van der Waals surface area contributed by atoms with E-state index in [4.69, 9.17) is 27.6 Å². The van der Waals surface area contributed by atoms with Crippen LogP contribution in [0.25, 0.3) is 17.4 Å². The van der Waals surface area contributed by atoms with E-state index in [2.05, 4.69) is 5.32 Å². The van der Waals surface area contributed by atoms with Crippen molar-refractivity contribution in [2.24, 2.45) is 0 Å². The number of anilines is 1. The van der Waals surface area contributed by atoms with Crippen LogP contribution in [0, 0.1) is 17.1 Å². The van der Waals surface area contributed by atoms with E-state index < -0.39 is 11.7 Å². The van der Waals surface area contributed by atoms with Gasteiger partial charge in [-0.1, -0.05) is 29.3 Å². The first kappa shape index (κ1) is 18.7. The van der Waals surface area contributed by atoms with Crippen molar-refractivity contribution in [3.05, 3.63) is 81.8 Å². The Labute approximate surface area is 164 Å². The molecule has 0 aliphatic rings. The third kappa shape index (κ3) is 4.37. The van der Waals surface area contributed by atoms with Crippen molar-refractivity contribution in [1.29, 1.82) is 5.26 Å². The van der Waals surface area contributed by atoms with Gasteiger partial charge in [-0.3, -0.25) is 4.79 Å². The largest absolute Gasteiger partial charge is 0.457 e. The Morgan fingerprint density at radius 3 is 2.37 bits per heavy atom. The van der Waals surface area contributed by atoms with Crippen LogP contribution in [0.15, 0.2) is 64.6 Å². The van der Waals surface area contributed by atoms with Gasteiger partial charge in [0.15, 0.2) is 0 Å². The van der Waals surface area contributed by atoms with Gasteiger partial charge in [0, 0.05) is 11.8 Å². The highest BCUT2D eigenvalue weighted by molar-refractivity contribution is 6.39. The summed E-state index contributed by atoms with van der Waals surface area (Å²) in [5, 5.41) is 12.6. The van der Waals surface area contributed by atoms with Gasteiger partial charge >= 0.3 is 0 Å². The smallest absolute Gasteiger partial charge is 0.266 e. The number of nitrogens with zero attached hydrogens (tertiary/aromatic N) is 1. The van der Waals surface area contributed by atoms with Crippen LogP contribution in [0.1, 0.15) is 5.76 Å². The summed E-state index contributed by atoms with van der Waals surface area (Å²) < 4.78 is 18.6. The molecule has 7 heteroatoms. The zero-order valence-corrected chi connectivity index (χ0v) is 15.2. The molecule has 1 N–H and O–H groups in total. The average molecular weight is 401 g/mol. The second-order valence-corrected chi connectivity index (χ2v) is 6.24. The van der Waals surface area contributed by atoms with Crippen LogP contribution in [0.5, 0.6) is 0 Å². The fraction of sp³-hybridized carbons (Fsp3) is 0. The molecule has 4 nitrogen and oxygen atoms in total. The van der Waals surface area contributed by atoms with Gasteiger partial charge < -0.3 is 9.73 Å². The fourth-order valence-corrected chi connectivity index (χ4v) is 2.90. The van der Waals surface area contributed by atoms with E-state index >= 15 is 0 Å². The molecule has 2 aromatic carbocycles. The number of furan rings is 1. The standard InChI is InChI=1S/C20H11Cl2FN2O2/c21-16-2-1-3-17(22)19(16)18-9-8-15(27-18)10-12(11-24)20(26)25-14-6-4-13(23)5-7-14/h1-10H,(H,25,26)/b12-10+. The Balaban J connectivity index is 1.84. The molecule has 0 fully saturated rings. The average Bonchev–Trinajstić information content (AvgIpc) is 3.09. The Bertz CT molecular complexity index is 1050. The number of rotatable bonds is 4. The molecule has 3 aromatic rings. The zero-order valence-electron chi connectivity index (χ0n) is 13.7. The van der Waals surface area contributed by atoms with Crippen molar-refractivity contribution >= 4 is 40.9 Å². The SMILES string of the molecule is N#C/C(=C\c1ccc(-c2c(Cl)cccc2Cl)o1)C(=O)Nc1ccc(F)cc1. The van der Waals surface area contributed by atoms with E-state index in [-0.39, 0.29) is 11.3 Å². The molecule has 0 saturated heterocycles. The maximum absolute atomic E-state index is 12.9. The van der Waals surface area contributed by atoms with Crippen molar-refractivity contribution in [3.8, 4) is 17.4 Å². The minimum Gasteiger partial charge on any atom is -0.457 e. The molecular weight excluding hydrogens is 390 g/mol. The maximum Gasteiger partial charge on any atom is 0.266 e. The van der Waals surface area contributed by atoms with E-state index in [0.29, 0.717) is 27.1 Å². The van der Waals surface area contributed by atoms with Gasteiger partial charge in [0.2, 0.25) is 0 Å². The molecule has 134 valence electrons. The number of carbonyl (C=O) groups excluding carboxylic acids is 1. The Hall–Kier alpha value is -3.07. The van der Waals surface area contributed by atoms with Crippen LogP contribution < -0.4 is 5.32 Å². The van der Waals surface area contributed by atoms with E-state index in [9.17, 15) is 14.4 Å². The molecule has 1 heterocycles. The van der Waals surface area contributed by atoms with Gasteiger partial charge in [0.05, 0.1) is 15.6 Å². The predicted octanol–water partition coefficient (Wildman–Crippen LogP) is 5.94. The summed E-state index contributed by atoms with van der Waals surface area (Å²) in [4.78, 5) is 12.2. The van der Waals surface area contributed by atoms with Crippen LogP contribution >= 0.6 is 23.2 Å². The van der Waals surface area contributed by atoms with E-state index in [1.807, 2.05) is 6.07 Å². The summed E-state index contributed by atoms with van der Waals surface area (Å²) in [6.07, 6.45) is 1.30. The predicted molar refractivity (Wildman–Crippen MR) is 103 cm³/mol. The quantitative estimate of drug-likeness (QED) is 0.435. The molecule has 27 heavy (non-hydrogen) atoms. The molecule has 0 unspecified atom stereocenters. The molecule has 0 aliphatic heterocycles. The molecule has 0 radical (unpaired) electrons. The van der Waals surface area contributed by atoms with Gasteiger partial charge in [0.1, 0.15) is 29.0 Å². The Kier molecular flexibility index (Phi) is 5.60. The number of carbonyl (C=O) groups is 1. The van der Waals surface area contributed by atoms with E-state index in [1.165, 1.54) is 30.3 Å². The highest BCUT2D eigenvalue weighted by Gasteiger charge is 2.14. The summed E-state index contributed by atoms with van der Waals surface area (Å²) in [7, 11) is 0. The summed E-state index contributed by atoms with van der Waals surface area (Å²) in [5.41, 5.74) is 0.714. The highest BCUT2D eigenvalue weighted by atomic mass is 35.5. The third-order valence-electron chi connectivity index (χ3n) is 3.59. The van der Waals surface area contributed by atoms with Crippen molar-refractivity contribution in [2.45, 2.75) is 0 Å². The van der Waals surface area contributed by atoms with Gasteiger partial charge in [-0.25, -0.2) is 4.39 Å². The first-order chi connectivity index (χ1) is 13.0. The minimum atomic E-state index is -0.641. The lowest BCUT2D eigenvalue weighted by Crippen LogP contribution is -2.13. The molecule has 0 atom stereocenters. The first-order valence-electron chi connectivity index (χ1n) is 7.71. The fourth-order valence-electron chi connectivity index (χ4n) is 2.32. The number of halogens is 3. The molecule has 1 amide bonds. The molecule has 0 aliphatic carbocycles. The van der Waals surface area contributed by atoms with Gasteiger partial charge in [-0.15, -0.1) is 0 Å². The molecular formula is C20H11Cl2FN2O2. The lowest BCUT2D eigenvalue weighted by molar-refractivity contribution is -0.112. The van der Waals surface area contributed by atoms with Crippen molar-refractivity contribution < 1.29 is 13.6 Å². The van der Waals surface area contributed by atoms with Crippen LogP contribution in [-0.4, -0.2) is 5.91 Å². The minimum absolute atomic E-state index is 0.175. The third-order valence-corrected chi connectivity index (χ3v) is 4.22.